The van der Waals surface area contributed by atoms with Gasteiger partial charge >= 0.3 is 0 Å². The number of rotatable bonds is 5. The second-order valence-corrected chi connectivity index (χ2v) is 5.35. The molecule has 2 aromatic carbocycles. The smallest absolute Gasteiger partial charge is 0.251 e. The lowest BCUT2D eigenvalue weighted by atomic mass is 10.1. The highest BCUT2D eigenvalue weighted by atomic mass is 19.1. The normalized spacial score (nSPS) is 10.2. The Balaban J connectivity index is 1.83. The zero-order valence-corrected chi connectivity index (χ0v) is 13.2. The molecule has 0 bridgehead atoms. The maximum Gasteiger partial charge on any atom is 0.251 e. The van der Waals surface area contributed by atoms with Gasteiger partial charge in [0.15, 0.2) is 0 Å². The molecule has 0 atom stereocenters. The molecule has 23 heavy (non-hydrogen) atoms. The molecular weight excluding hydrogens is 295 g/mol. The number of hydrogen-bond donors (Lipinski definition) is 2. The van der Waals surface area contributed by atoms with Crippen molar-refractivity contribution in [2.24, 2.45) is 0 Å². The fourth-order valence-corrected chi connectivity index (χ4v) is 2.04. The van der Waals surface area contributed by atoms with E-state index in [0.29, 0.717) is 11.1 Å². The summed E-state index contributed by atoms with van der Waals surface area (Å²) in [4.78, 5) is 23.7. The predicted molar refractivity (Wildman–Crippen MR) is 86.5 cm³/mol. The Kier molecular flexibility index (Phi) is 5.46. The van der Waals surface area contributed by atoms with E-state index >= 15 is 0 Å². The molecule has 0 spiro atoms. The SMILES string of the molecule is Cc1ccc(C(=O)NCC(=O)NCc2ccccc2F)cc1C. The van der Waals surface area contributed by atoms with E-state index < -0.39 is 0 Å². The summed E-state index contributed by atoms with van der Waals surface area (Å²) in [5.74, 6) is -1.05. The van der Waals surface area contributed by atoms with Gasteiger partial charge in [-0.05, 0) is 43.2 Å². The first-order valence-corrected chi connectivity index (χ1v) is 7.33. The molecule has 0 heterocycles. The van der Waals surface area contributed by atoms with E-state index in [-0.39, 0.29) is 30.7 Å². The van der Waals surface area contributed by atoms with Crippen LogP contribution in [-0.4, -0.2) is 18.4 Å². The molecule has 0 radical (unpaired) electrons. The maximum absolute atomic E-state index is 13.4. The van der Waals surface area contributed by atoms with Crippen LogP contribution in [0.15, 0.2) is 42.5 Å². The van der Waals surface area contributed by atoms with Crippen molar-refractivity contribution in [2.75, 3.05) is 6.54 Å². The third-order valence-electron chi connectivity index (χ3n) is 3.61. The predicted octanol–water partition coefficient (Wildman–Crippen LogP) is 2.49. The third-order valence-corrected chi connectivity index (χ3v) is 3.61. The molecule has 0 aliphatic heterocycles. The summed E-state index contributed by atoms with van der Waals surface area (Å²) in [6.07, 6.45) is 0. The summed E-state index contributed by atoms with van der Waals surface area (Å²) in [5, 5.41) is 5.13. The lowest BCUT2D eigenvalue weighted by Gasteiger charge is -2.08. The molecule has 4 nitrogen and oxygen atoms in total. The van der Waals surface area contributed by atoms with Gasteiger partial charge in [0.25, 0.3) is 5.91 Å². The van der Waals surface area contributed by atoms with Crippen LogP contribution in [0, 0.1) is 19.7 Å². The van der Waals surface area contributed by atoms with E-state index in [1.807, 2.05) is 19.9 Å². The van der Waals surface area contributed by atoms with Gasteiger partial charge in [0.1, 0.15) is 5.82 Å². The van der Waals surface area contributed by atoms with Crippen LogP contribution in [0.2, 0.25) is 0 Å². The summed E-state index contributed by atoms with van der Waals surface area (Å²) in [6, 6.07) is 11.6. The molecule has 0 aliphatic rings. The number of halogens is 1. The molecule has 0 fully saturated rings. The fraction of sp³-hybridized carbons (Fsp3) is 0.222. The molecule has 5 heteroatoms. The number of carbonyl (C=O) groups excluding carboxylic acids is 2. The van der Waals surface area contributed by atoms with Crippen LogP contribution in [0.5, 0.6) is 0 Å². The number of amides is 2. The number of aryl methyl sites for hydroxylation is 2. The van der Waals surface area contributed by atoms with Crippen LogP contribution in [0.1, 0.15) is 27.0 Å². The van der Waals surface area contributed by atoms with Crippen molar-refractivity contribution >= 4 is 11.8 Å². The van der Waals surface area contributed by atoms with E-state index in [2.05, 4.69) is 10.6 Å². The van der Waals surface area contributed by atoms with Gasteiger partial charge in [0.2, 0.25) is 5.91 Å². The van der Waals surface area contributed by atoms with E-state index in [1.165, 1.54) is 6.07 Å². The topological polar surface area (TPSA) is 58.2 Å². The van der Waals surface area contributed by atoms with Gasteiger partial charge in [-0.1, -0.05) is 24.3 Å². The van der Waals surface area contributed by atoms with Crippen molar-refractivity contribution in [2.45, 2.75) is 20.4 Å². The summed E-state index contributed by atoms with van der Waals surface area (Å²) in [6.45, 7) is 3.83. The van der Waals surface area contributed by atoms with E-state index in [1.54, 1.807) is 30.3 Å². The Labute approximate surface area is 134 Å². The van der Waals surface area contributed by atoms with Crippen molar-refractivity contribution < 1.29 is 14.0 Å². The van der Waals surface area contributed by atoms with Gasteiger partial charge < -0.3 is 10.6 Å². The van der Waals surface area contributed by atoms with Gasteiger partial charge in [-0.2, -0.15) is 0 Å². The van der Waals surface area contributed by atoms with Crippen LogP contribution in [0.25, 0.3) is 0 Å². The zero-order chi connectivity index (χ0) is 16.8. The molecule has 2 amide bonds. The highest BCUT2D eigenvalue weighted by molar-refractivity contribution is 5.96. The van der Waals surface area contributed by atoms with Crippen molar-refractivity contribution in [1.82, 2.24) is 10.6 Å². The fourth-order valence-electron chi connectivity index (χ4n) is 2.04. The molecule has 2 N–H and O–H groups in total. The Morgan fingerprint density at radius 3 is 2.43 bits per heavy atom. The molecule has 0 unspecified atom stereocenters. The Bertz CT molecular complexity index is 729. The highest BCUT2D eigenvalue weighted by Gasteiger charge is 2.09. The van der Waals surface area contributed by atoms with Gasteiger partial charge in [0.05, 0.1) is 6.54 Å². The Hall–Kier alpha value is -2.69. The highest BCUT2D eigenvalue weighted by Crippen LogP contribution is 2.09. The minimum absolute atomic E-state index is 0.0883. The molecular formula is C18H19FN2O2. The zero-order valence-electron chi connectivity index (χ0n) is 13.2. The number of nitrogens with one attached hydrogen (secondary N) is 2. The van der Waals surface area contributed by atoms with Crippen LogP contribution in [-0.2, 0) is 11.3 Å². The van der Waals surface area contributed by atoms with Crippen LogP contribution in [0.4, 0.5) is 4.39 Å². The van der Waals surface area contributed by atoms with Gasteiger partial charge in [-0.25, -0.2) is 4.39 Å². The second kappa shape index (κ2) is 7.54. The number of carbonyl (C=O) groups is 2. The van der Waals surface area contributed by atoms with Crippen LogP contribution >= 0.6 is 0 Å². The first-order chi connectivity index (χ1) is 11.0. The summed E-state index contributed by atoms with van der Waals surface area (Å²) >= 11 is 0. The average molecular weight is 314 g/mol. The van der Waals surface area contributed by atoms with Crippen molar-refractivity contribution in [1.29, 1.82) is 0 Å². The summed E-state index contributed by atoms with van der Waals surface area (Å²) in [7, 11) is 0. The molecule has 0 saturated carbocycles. The monoisotopic (exact) mass is 314 g/mol. The van der Waals surface area contributed by atoms with Gasteiger partial charge in [0, 0.05) is 17.7 Å². The Morgan fingerprint density at radius 2 is 1.74 bits per heavy atom. The Morgan fingerprint density at radius 1 is 1.00 bits per heavy atom. The molecule has 120 valence electrons. The maximum atomic E-state index is 13.4. The van der Waals surface area contributed by atoms with E-state index in [0.717, 1.165) is 11.1 Å². The largest absolute Gasteiger partial charge is 0.350 e. The molecule has 2 aromatic rings. The number of hydrogen-bond acceptors (Lipinski definition) is 2. The quantitative estimate of drug-likeness (QED) is 0.891. The minimum Gasteiger partial charge on any atom is -0.350 e. The van der Waals surface area contributed by atoms with Gasteiger partial charge in [-0.3, -0.25) is 9.59 Å². The standard InChI is InChI=1S/C18H19FN2O2/c1-12-7-8-14(9-13(12)2)18(23)21-11-17(22)20-10-15-5-3-4-6-16(15)19/h3-9H,10-11H2,1-2H3,(H,20,22)(H,21,23). The molecule has 0 saturated heterocycles. The van der Waals surface area contributed by atoms with Crippen LogP contribution < -0.4 is 10.6 Å². The van der Waals surface area contributed by atoms with Gasteiger partial charge in [-0.15, -0.1) is 0 Å². The summed E-state index contributed by atoms with van der Waals surface area (Å²) in [5.41, 5.74) is 3.03. The molecule has 0 aliphatic carbocycles. The third kappa shape index (κ3) is 4.64. The average Bonchev–Trinajstić information content (AvgIpc) is 2.54. The molecule has 2 rings (SSSR count). The summed E-state index contributed by atoms with van der Waals surface area (Å²) < 4.78 is 13.4. The lowest BCUT2D eigenvalue weighted by Crippen LogP contribution is -2.36. The van der Waals surface area contributed by atoms with Crippen molar-refractivity contribution in [3.8, 4) is 0 Å². The first-order valence-electron chi connectivity index (χ1n) is 7.33. The lowest BCUT2D eigenvalue weighted by molar-refractivity contribution is -0.120. The van der Waals surface area contributed by atoms with E-state index in [4.69, 9.17) is 0 Å². The van der Waals surface area contributed by atoms with Crippen molar-refractivity contribution in [3.05, 3.63) is 70.5 Å². The van der Waals surface area contributed by atoms with Crippen molar-refractivity contribution in [3.63, 3.8) is 0 Å². The second-order valence-electron chi connectivity index (χ2n) is 5.35. The van der Waals surface area contributed by atoms with E-state index in [9.17, 15) is 14.0 Å². The number of benzene rings is 2. The first kappa shape index (κ1) is 16.7. The van der Waals surface area contributed by atoms with Crippen LogP contribution in [0.3, 0.4) is 0 Å². The minimum atomic E-state index is -0.370. The molecule has 0 aromatic heterocycles.